The maximum atomic E-state index is 4.39. The van der Waals surface area contributed by atoms with Crippen molar-refractivity contribution in [2.75, 3.05) is 0 Å². The standard InChI is InChI=1S/C11H13BrN4/c1-7(2)16-8(3)14-15-11(16)9-5-4-6-10(12)13-9/h4-7H,1-3H3. The summed E-state index contributed by atoms with van der Waals surface area (Å²) in [7, 11) is 0. The molecule has 0 atom stereocenters. The summed E-state index contributed by atoms with van der Waals surface area (Å²) in [6, 6.07) is 6.10. The zero-order chi connectivity index (χ0) is 11.7. The number of halogens is 1. The Morgan fingerprint density at radius 3 is 2.62 bits per heavy atom. The summed E-state index contributed by atoms with van der Waals surface area (Å²) in [5.74, 6) is 1.72. The van der Waals surface area contributed by atoms with E-state index in [1.807, 2.05) is 25.1 Å². The summed E-state index contributed by atoms with van der Waals surface area (Å²) in [5, 5.41) is 8.28. The Kier molecular flexibility index (Phi) is 3.05. The van der Waals surface area contributed by atoms with E-state index in [0.717, 1.165) is 21.9 Å². The van der Waals surface area contributed by atoms with Crippen LogP contribution in [0.15, 0.2) is 22.8 Å². The number of hydrogen-bond acceptors (Lipinski definition) is 3. The van der Waals surface area contributed by atoms with Crippen LogP contribution >= 0.6 is 15.9 Å². The zero-order valence-corrected chi connectivity index (χ0v) is 11.1. The summed E-state index contributed by atoms with van der Waals surface area (Å²) in [6.45, 7) is 6.17. The molecule has 0 saturated carbocycles. The third-order valence-electron chi connectivity index (χ3n) is 2.33. The molecule has 2 rings (SSSR count). The lowest BCUT2D eigenvalue weighted by Gasteiger charge is -2.11. The van der Waals surface area contributed by atoms with Gasteiger partial charge in [-0.15, -0.1) is 10.2 Å². The lowest BCUT2D eigenvalue weighted by Crippen LogP contribution is -2.06. The summed E-state index contributed by atoms with van der Waals surface area (Å²) in [4.78, 5) is 4.39. The van der Waals surface area contributed by atoms with Gasteiger partial charge in [0.05, 0.1) is 0 Å². The van der Waals surface area contributed by atoms with Crippen molar-refractivity contribution in [2.24, 2.45) is 0 Å². The normalized spacial score (nSPS) is 11.1. The molecular formula is C11H13BrN4. The SMILES string of the molecule is Cc1nnc(-c2cccc(Br)n2)n1C(C)C. The highest BCUT2D eigenvalue weighted by molar-refractivity contribution is 9.10. The van der Waals surface area contributed by atoms with Gasteiger partial charge in [-0.2, -0.15) is 0 Å². The number of aryl methyl sites for hydroxylation is 1. The predicted molar refractivity (Wildman–Crippen MR) is 66.1 cm³/mol. The highest BCUT2D eigenvalue weighted by atomic mass is 79.9. The molecule has 2 aromatic heterocycles. The van der Waals surface area contributed by atoms with Gasteiger partial charge in [-0.3, -0.25) is 0 Å². The van der Waals surface area contributed by atoms with Gasteiger partial charge >= 0.3 is 0 Å². The van der Waals surface area contributed by atoms with E-state index in [0.29, 0.717) is 6.04 Å². The molecule has 0 unspecified atom stereocenters. The molecule has 84 valence electrons. The Morgan fingerprint density at radius 1 is 1.25 bits per heavy atom. The van der Waals surface area contributed by atoms with E-state index in [-0.39, 0.29) is 0 Å². The van der Waals surface area contributed by atoms with Crippen molar-refractivity contribution in [2.45, 2.75) is 26.8 Å². The van der Waals surface area contributed by atoms with Crippen molar-refractivity contribution >= 4 is 15.9 Å². The van der Waals surface area contributed by atoms with Crippen molar-refractivity contribution in [3.8, 4) is 11.5 Å². The fourth-order valence-electron chi connectivity index (χ4n) is 1.70. The van der Waals surface area contributed by atoms with Crippen molar-refractivity contribution in [1.29, 1.82) is 0 Å². The topological polar surface area (TPSA) is 43.6 Å². The number of aromatic nitrogens is 4. The minimum absolute atomic E-state index is 0.325. The molecule has 0 saturated heterocycles. The van der Waals surface area contributed by atoms with Gasteiger partial charge in [-0.05, 0) is 48.8 Å². The second-order valence-electron chi connectivity index (χ2n) is 3.88. The van der Waals surface area contributed by atoms with E-state index in [1.54, 1.807) is 0 Å². The predicted octanol–water partition coefficient (Wildman–Crippen LogP) is 2.99. The first kappa shape index (κ1) is 11.3. The van der Waals surface area contributed by atoms with Crippen molar-refractivity contribution < 1.29 is 0 Å². The molecule has 0 N–H and O–H groups in total. The first-order valence-corrected chi connectivity index (χ1v) is 5.93. The average molecular weight is 281 g/mol. The Hall–Kier alpha value is -1.23. The third-order valence-corrected chi connectivity index (χ3v) is 2.77. The molecule has 2 aromatic rings. The number of pyridine rings is 1. The molecular weight excluding hydrogens is 268 g/mol. The molecule has 0 aliphatic rings. The second kappa shape index (κ2) is 4.33. The first-order chi connectivity index (χ1) is 7.59. The second-order valence-corrected chi connectivity index (χ2v) is 4.69. The lowest BCUT2D eigenvalue weighted by atomic mass is 10.3. The van der Waals surface area contributed by atoms with Crippen LogP contribution in [0.25, 0.3) is 11.5 Å². The van der Waals surface area contributed by atoms with Gasteiger partial charge < -0.3 is 4.57 Å². The fourth-order valence-corrected chi connectivity index (χ4v) is 2.04. The Morgan fingerprint density at radius 2 is 2.00 bits per heavy atom. The zero-order valence-electron chi connectivity index (χ0n) is 9.48. The summed E-state index contributed by atoms with van der Waals surface area (Å²) in [6.07, 6.45) is 0. The minimum atomic E-state index is 0.325. The van der Waals surface area contributed by atoms with Crippen molar-refractivity contribution in [3.05, 3.63) is 28.6 Å². The third kappa shape index (κ3) is 2.00. The molecule has 0 aromatic carbocycles. The van der Waals surface area contributed by atoms with Gasteiger partial charge in [0.2, 0.25) is 0 Å². The molecule has 16 heavy (non-hydrogen) atoms. The quantitative estimate of drug-likeness (QED) is 0.795. The van der Waals surface area contributed by atoms with E-state index in [4.69, 9.17) is 0 Å². The molecule has 2 heterocycles. The van der Waals surface area contributed by atoms with Gasteiger partial charge in [-0.25, -0.2) is 4.98 Å². The van der Waals surface area contributed by atoms with Crippen LogP contribution in [0.2, 0.25) is 0 Å². The van der Waals surface area contributed by atoms with Gasteiger partial charge in [0.25, 0.3) is 0 Å². The Bertz CT molecular complexity index is 504. The summed E-state index contributed by atoms with van der Waals surface area (Å²) >= 11 is 3.36. The van der Waals surface area contributed by atoms with E-state index in [2.05, 4.69) is 49.5 Å². The molecule has 0 amide bonds. The van der Waals surface area contributed by atoms with Crippen molar-refractivity contribution in [1.82, 2.24) is 19.7 Å². The van der Waals surface area contributed by atoms with Gasteiger partial charge in [0.15, 0.2) is 5.82 Å². The monoisotopic (exact) mass is 280 g/mol. The van der Waals surface area contributed by atoms with Crippen LogP contribution in [-0.4, -0.2) is 19.7 Å². The fraction of sp³-hybridized carbons (Fsp3) is 0.364. The maximum absolute atomic E-state index is 4.39. The molecule has 0 aliphatic carbocycles. The molecule has 4 nitrogen and oxygen atoms in total. The Balaban J connectivity index is 2.56. The van der Waals surface area contributed by atoms with Gasteiger partial charge in [0.1, 0.15) is 16.1 Å². The summed E-state index contributed by atoms with van der Waals surface area (Å²) in [5.41, 5.74) is 0.837. The molecule has 0 aliphatic heterocycles. The number of hydrogen-bond donors (Lipinski definition) is 0. The van der Waals surface area contributed by atoms with Gasteiger partial charge in [-0.1, -0.05) is 6.07 Å². The van der Waals surface area contributed by atoms with E-state index >= 15 is 0 Å². The van der Waals surface area contributed by atoms with Crippen LogP contribution in [0.1, 0.15) is 25.7 Å². The largest absolute Gasteiger partial charge is 0.307 e. The molecule has 0 fully saturated rings. The smallest absolute Gasteiger partial charge is 0.182 e. The van der Waals surface area contributed by atoms with Crippen LogP contribution < -0.4 is 0 Å². The maximum Gasteiger partial charge on any atom is 0.182 e. The van der Waals surface area contributed by atoms with Crippen LogP contribution in [-0.2, 0) is 0 Å². The first-order valence-electron chi connectivity index (χ1n) is 5.14. The van der Waals surface area contributed by atoms with Gasteiger partial charge in [0, 0.05) is 6.04 Å². The summed E-state index contributed by atoms with van der Waals surface area (Å²) < 4.78 is 2.88. The lowest BCUT2D eigenvalue weighted by molar-refractivity contribution is 0.586. The average Bonchev–Trinajstić information content (AvgIpc) is 2.60. The Labute approximate surface area is 103 Å². The van der Waals surface area contributed by atoms with E-state index < -0.39 is 0 Å². The van der Waals surface area contributed by atoms with Crippen molar-refractivity contribution in [3.63, 3.8) is 0 Å². The highest BCUT2D eigenvalue weighted by Gasteiger charge is 2.14. The molecule has 0 spiro atoms. The molecule has 0 bridgehead atoms. The van der Waals surface area contributed by atoms with Crippen LogP contribution in [0.4, 0.5) is 0 Å². The van der Waals surface area contributed by atoms with E-state index in [9.17, 15) is 0 Å². The van der Waals surface area contributed by atoms with Crippen LogP contribution in [0, 0.1) is 6.92 Å². The number of rotatable bonds is 2. The van der Waals surface area contributed by atoms with E-state index in [1.165, 1.54) is 0 Å². The minimum Gasteiger partial charge on any atom is -0.307 e. The number of nitrogens with zero attached hydrogens (tertiary/aromatic N) is 4. The highest BCUT2D eigenvalue weighted by Crippen LogP contribution is 2.21. The van der Waals surface area contributed by atoms with Crippen LogP contribution in [0.3, 0.4) is 0 Å². The molecule has 5 heteroatoms. The van der Waals surface area contributed by atoms with Crippen LogP contribution in [0.5, 0.6) is 0 Å². The molecule has 0 radical (unpaired) electrons.